The Kier molecular flexibility index (Phi) is 5.15. The minimum atomic E-state index is -0.606. The van der Waals surface area contributed by atoms with Crippen LogP contribution in [0.2, 0.25) is 0 Å². The van der Waals surface area contributed by atoms with Crippen molar-refractivity contribution >= 4 is 0 Å². The second kappa shape index (κ2) is 6.87. The Bertz CT molecular complexity index is 530. The minimum absolute atomic E-state index is 0.214. The molecule has 2 rings (SSSR count). The number of nitrogens with one attached hydrogen (secondary N) is 1. The van der Waals surface area contributed by atoms with E-state index in [1.165, 1.54) is 5.56 Å². The molecule has 0 aliphatic carbocycles. The molecular formula is C17H25N3O. The monoisotopic (exact) mass is 287 g/mol. The Balaban J connectivity index is 1.98. The van der Waals surface area contributed by atoms with Crippen LogP contribution in [-0.2, 0) is 0 Å². The standard InChI is InChI=1S/C17H25N3O/c1-4-17(21,5-2)12-19-14(3)15-6-8-16(9-7-15)20-11-10-18-13-20/h6-11,13-14,19,21H,4-5,12H2,1-3H3. The van der Waals surface area contributed by atoms with Gasteiger partial charge >= 0.3 is 0 Å². The first kappa shape index (κ1) is 15.7. The highest BCUT2D eigenvalue weighted by atomic mass is 16.3. The zero-order valence-corrected chi connectivity index (χ0v) is 13.1. The van der Waals surface area contributed by atoms with Gasteiger partial charge in [-0.2, -0.15) is 0 Å². The fourth-order valence-electron chi connectivity index (χ4n) is 2.31. The van der Waals surface area contributed by atoms with Gasteiger partial charge in [0.15, 0.2) is 0 Å². The lowest BCUT2D eigenvalue weighted by molar-refractivity contribution is 0.0303. The number of rotatable bonds is 7. The summed E-state index contributed by atoms with van der Waals surface area (Å²) < 4.78 is 1.98. The molecule has 0 saturated carbocycles. The maximum absolute atomic E-state index is 10.3. The van der Waals surface area contributed by atoms with Crippen molar-refractivity contribution in [2.45, 2.75) is 45.3 Å². The lowest BCUT2D eigenvalue weighted by atomic mass is 9.96. The summed E-state index contributed by atoms with van der Waals surface area (Å²) in [7, 11) is 0. The van der Waals surface area contributed by atoms with Gasteiger partial charge in [-0.15, -0.1) is 0 Å². The van der Waals surface area contributed by atoms with Crippen LogP contribution in [0.4, 0.5) is 0 Å². The molecule has 114 valence electrons. The lowest BCUT2D eigenvalue weighted by Gasteiger charge is -2.27. The van der Waals surface area contributed by atoms with E-state index in [-0.39, 0.29) is 6.04 Å². The molecule has 0 fully saturated rings. The summed E-state index contributed by atoms with van der Waals surface area (Å²) in [5.74, 6) is 0. The molecule has 0 amide bonds. The van der Waals surface area contributed by atoms with Crippen LogP contribution in [0.25, 0.3) is 5.69 Å². The molecule has 4 nitrogen and oxygen atoms in total. The van der Waals surface area contributed by atoms with Crippen LogP contribution in [0.15, 0.2) is 43.0 Å². The van der Waals surface area contributed by atoms with Gasteiger partial charge in [0.05, 0.1) is 11.9 Å². The third kappa shape index (κ3) is 3.93. The molecule has 21 heavy (non-hydrogen) atoms. The predicted molar refractivity (Wildman–Crippen MR) is 85.5 cm³/mol. The van der Waals surface area contributed by atoms with Crippen LogP contribution in [0.5, 0.6) is 0 Å². The fraction of sp³-hybridized carbons (Fsp3) is 0.471. The van der Waals surface area contributed by atoms with Gasteiger partial charge in [-0.1, -0.05) is 26.0 Å². The molecule has 1 heterocycles. The SMILES string of the molecule is CCC(O)(CC)CNC(C)c1ccc(-n2ccnc2)cc1. The molecule has 1 unspecified atom stereocenters. The molecule has 0 bridgehead atoms. The van der Waals surface area contributed by atoms with Crippen molar-refractivity contribution in [3.63, 3.8) is 0 Å². The summed E-state index contributed by atoms with van der Waals surface area (Å²) in [6.45, 7) is 6.79. The first-order valence-corrected chi connectivity index (χ1v) is 7.62. The van der Waals surface area contributed by atoms with Gasteiger partial charge in [-0.05, 0) is 37.5 Å². The van der Waals surface area contributed by atoms with Crippen molar-refractivity contribution in [3.05, 3.63) is 48.5 Å². The Morgan fingerprint density at radius 1 is 1.24 bits per heavy atom. The van der Waals surface area contributed by atoms with E-state index in [1.807, 2.05) is 24.6 Å². The molecule has 2 aromatic rings. The van der Waals surface area contributed by atoms with Gasteiger partial charge in [0.25, 0.3) is 0 Å². The summed E-state index contributed by atoms with van der Waals surface area (Å²) in [4.78, 5) is 4.05. The number of hydrogen-bond donors (Lipinski definition) is 2. The topological polar surface area (TPSA) is 50.1 Å². The smallest absolute Gasteiger partial charge is 0.0991 e. The molecule has 1 atom stereocenters. The van der Waals surface area contributed by atoms with Crippen LogP contribution in [0.1, 0.15) is 45.2 Å². The van der Waals surface area contributed by atoms with E-state index < -0.39 is 5.60 Å². The molecule has 0 aliphatic rings. The minimum Gasteiger partial charge on any atom is -0.389 e. The molecule has 0 aliphatic heterocycles. The number of imidazole rings is 1. The Labute approximate surface area is 126 Å². The van der Waals surface area contributed by atoms with Crippen LogP contribution in [0, 0.1) is 0 Å². The van der Waals surface area contributed by atoms with Crippen LogP contribution in [0.3, 0.4) is 0 Å². The van der Waals surface area contributed by atoms with Crippen LogP contribution >= 0.6 is 0 Å². The van der Waals surface area contributed by atoms with Gasteiger partial charge < -0.3 is 15.0 Å². The van der Waals surface area contributed by atoms with Crippen LogP contribution < -0.4 is 5.32 Å². The molecule has 4 heteroatoms. The number of aliphatic hydroxyl groups is 1. The maximum Gasteiger partial charge on any atom is 0.0991 e. The highest BCUT2D eigenvalue weighted by Crippen LogP contribution is 2.18. The molecule has 0 spiro atoms. The second-order valence-corrected chi connectivity index (χ2v) is 5.60. The Morgan fingerprint density at radius 3 is 2.43 bits per heavy atom. The molecule has 0 saturated heterocycles. The summed E-state index contributed by atoms with van der Waals surface area (Å²) in [5, 5.41) is 13.7. The number of aromatic nitrogens is 2. The van der Waals surface area contributed by atoms with Gasteiger partial charge in [0, 0.05) is 30.7 Å². The van der Waals surface area contributed by atoms with E-state index >= 15 is 0 Å². The molecule has 1 aromatic carbocycles. The quantitative estimate of drug-likeness (QED) is 0.823. The molecule has 0 radical (unpaired) electrons. The highest BCUT2D eigenvalue weighted by Gasteiger charge is 2.22. The average molecular weight is 287 g/mol. The fourth-order valence-corrected chi connectivity index (χ4v) is 2.31. The lowest BCUT2D eigenvalue weighted by Crippen LogP contribution is -2.40. The second-order valence-electron chi connectivity index (χ2n) is 5.60. The average Bonchev–Trinajstić information content (AvgIpc) is 3.07. The molecule has 2 N–H and O–H groups in total. The van der Waals surface area contributed by atoms with Crippen molar-refractivity contribution in [2.75, 3.05) is 6.54 Å². The largest absolute Gasteiger partial charge is 0.389 e. The van der Waals surface area contributed by atoms with Crippen molar-refractivity contribution in [1.29, 1.82) is 0 Å². The third-order valence-corrected chi connectivity index (χ3v) is 4.25. The van der Waals surface area contributed by atoms with Gasteiger partial charge in [0.1, 0.15) is 0 Å². The van der Waals surface area contributed by atoms with Gasteiger partial charge in [0.2, 0.25) is 0 Å². The van der Waals surface area contributed by atoms with E-state index in [4.69, 9.17) is 0 Å². The first-order chi connectivity index (χ1) is 10.1. The summed E-state index contributed by atoms with van der Waals surface area (Å²) in [5.41, 5.74) is 1.71. The van der Waals surface area contributed by atoms with Crippen LogP contribution in [-0.4, -0.2) is 26.8 Å². The van der Waals surface area contributed by atoms with Crippen molar-refractivity contribution < 1.29 is 5.11 Å². The number of hydrogen-bond acceptors (Lipinski definition) is 3. The van der Waals surface area contributed by atoms with Gasteiger partial charge in [-0.3, -0.25) is 0 Å². The van der Waals surface area contributed by atoms with E-state index in [1.54, 1.807) is 12.5 Å². The van der Waals surface area contributed by atoms with E-state index in [0.717, 1.165) is 18.5 Å². The highest BCUT2D eigenvalue weighted by molar-refractivity contribution is 5.35. The van der Waals surface area contributed by atoms with Crippen molar-refractivity contribution in [3.8, 4) is 5.69 Å². The van der Waals surface area contributed by atoms with Crippen molar-refractivity contribution in [2.24, 2.45) is 0 Å². The summed E-state index contributed by atoms with van der Waals surface area (Å²) in [6.07, 6.45) is 7.03. The van der Waals surface area contributed by atoms with E-state index in [0.29, 0.717) is 6.54 Å². The van der Waals surface area contributed by atoms with E-state index in [2.05, 4.69) is 41.5 Å². The Morgan fingerprint density at radius 2 is 1.90 bits per heavy atom. The van der Waals surface area contributed by atoms with Gasteiger partial charge in [-0.25, -0.2) is 4.98 Å². The zero-order chi connectivity index (χ0) is 15.3. The molecule has 1 aromatic heterocycles. The van der Waals surface area contributed by atoms with Crippen molar-refractivity contribution in [1.82, 2.24) is 14.9 Å². The summed E-state index contributed by atoms with van der Waals surface area (Å²) >= 11 is 0. The number of nitrogens with zero attached hydrogens (tertiary/aromatic N) is 2. The maximum atomic E-state index is 10.3. The van der Waals surface area contributed by atoms with E-state index in [9.17, 15) is 5.11 Å². The third-order valence-electron chi connectivity index (χ3n) is 4.25. The Hall–Kier alpha value is -1.65. The predicted octanol–water partition coefficient (Wildman–Crippen LogP) is 3.07. The zero-order valence-electron chi connectivity index (χ0n) is 13.1. The molecular weight excluding hydrogens is 262 g/mol. The first-order valence-electron chi connectivity index (χ1n) is 7.62. The summed E-state index contributed by atoms with van der Waals surface area (Å²) in [6, 6.07) is 8.61. The normalized spacial score (nSPS) is 13.3. The number of benzene rings is 1.